The Bertz CT molecular complexity index is 365. The van der Waals surface area contributed by atoms with E-state index in [-0.39, 0.29) is 11.9 Å². The Hall–Kier alpha value is -1.35. The zero-order chi connectivity index (χ0) is 13.6. The zero-order valence-electron chi connectivity index (χ0n) is 11.6. The van der Waals surface area contributed by atoms with Crippen molar-refractivity contribution in [1.82, 2.24) is 0 Å². The molecular formula is C15H22O3. The van der Waals surface area contributed by atoms with Crippen LogP contribution in [0.4, 0.5) is 0 Å². The van der Waals surface area contributed by atoms with Gasteiger partial charge in [-0.25, -0.2) is 0 Å². The van der Waals surface area contributed by atoms with Crippen LogP contribution in [0.3, 0.4) is 0 Å². The van der Waals surface area contributed by atoms with E-state index in [0.717, 1.165) is 5.56 Å². The third kappa shape index (κ3) is 5.82. The average Bonchev–Trinajstić information content (AvgIpc) is 2.28. The number of rotatable bonds is 5. The molecule has 0 saturated carbocycles. The van der Waals surface area contributed by atoms with Crippen molar-refractivity contribution in [2.24, 2.45) is 5.92 Å². The van der Waals surface area contributed by atoms with Crippen LogP contribution in [0.15, 0.2) is 30.3 Å². The molecule has 3 heteroatoms. The van der Waals surface area contributed by atoms with E-state index in [1.54, 1.807) is 0 Å². The molecule has 18 heavy (non-hydrogen) atoms. The first-order valence-corrected chi connectivity index (χ1v) is 6.23. The molecule has 0 aliphatic heterocycles. The highest BCUT2D eigenvalue weighted by atomic mass is 16.6. The van der Waals surface area contributed by atoms with E-state index >= 15 is 0 Å². The van der Waals surface area contributed by atoms with Crippen LogP contribution in [0.25, 0.3) is 0 Å². The molecule has 0 spiro atoms. The Kier molecular flexibility index (Phi) is 5.35. The Balaban J connectivity index is 2.29. The first-order valence-electron chi connectivity index (χ1n) is 6.23. The summed E-state index contributed by atoms with van der Waals surface area (Å²) in [6.07, 6.45) is 0. The first-order chi connectivity index (χ1) is 8.38. The lowest BCUT2D eigenvalue weighted by molar-refractivity contribution is -0.161. The van der Waals surface area contributed by atoms with Gasteiger partial charge in [-0.1, -0.05) is 30.3 Å². The topological polar surface area (TPSA) is 35.5 Å². The smallest absolute Gasteiger partial charge is 0.311 e. The first kappa shape index (κ1) is 14.7. The summed E-state index contributed by atoms with van der Waals surface area (Å²) in [6.45, 7) is 8.31. The Labute approximate surface area is 109 Å². The average molecular weight is 250 g/mol. The van der Waals surface area contributed by atoms with Crippen molar-refractivity contribution in [2.75, 3.05) is 6.61 Å². The summed E-state index contributed by atoms with van der Waals surface area (Å²) in [5, 5.41) is 0. The van der Waals surface area contributed by atoms with Gasteiger partial charge in [0.05, 0.1) is 19.1 Å². The van der Waals surface area contributed by atoms with E-state index in [9.17, 15) is 4.79 Å². The van der Waals surface area contributed by atoms with Crippen LogP contribution in [-0.2, 0) is 20.9 Å². The SMILES string of the molecule is C[C@H](COCc1ccccc1)C(=O)OC(C)(C)C. The van der Waals surface area contributed by atoms with Crippen LogP contribution in [0.2, 0.25) is 0 Å². The molecule has 1 aromatic carbocycles. The van der Waals surface area contributed by atoms with E-state index in [0.29, 0.717) is 13.2 Å². The molecule has 100 valence electrons. The molecule has 0 unspecified atom stereocenters. The van der Waals surface area contributed by atoms with Crippen molar-refractivity contribution in [3.05, 3.63) is 35.9 Å². The normalized spacial score (nSPS) is 13.1. The number of carbonyl (C=O) groups excluding carboxylic acids is 1. The number of hydrogen-bond acceptors (Lipinski definition) is 3. The lowest BCUT2D eigenvalue weighted by atomic mass is 10.1. The summed E-state index contributed by atoms with van der Waals surface area (Å²) in [7, 11) is 0. The summed E-state index contributed by atoms with van der Waals surface area (Å²) in [5.41, 5.74) is 0.666. The van der Waals surface area contributed by atoms with Crippen molar-refractivity contribution < 1.29 is 14.3 Å². The summed E-state index contributed by atoms with van der Waals surface area (Å²) >= 11 is 0. The van der Waals surface area contributed by atoms with Crippen LogP contribution in [0.1, 0.15) is 33.3 Å². The van der Waals surface area contributed by atoms with Crippen LogP contribution in [-0.4, -0.2) is 18.2 Å². The van der Waals surface area contributed by atoms with Crippen molar-refractivity contribution >= 4 is 5.97 Å². The number of hydrogen-bond donors (Lipinski definition) is 0. The monoisotopic (exact) mass is 250 g/mol. The third-order valence-corrected chi connectivity index (χ3v) is 2.29. The fraction of sp³-hybridized carbons (Fsp3) is 0.533. The molecule has 1 atom stereocenters. The molecule has 0 saturated heterocycles. The minimum absolute atomic E-state index is 0.212. The minimum atomic E-state index is -0.440. The van der Waals surface area contributed by atoms with Crippen molar-refractivity contribution in [1.29, 1.82) is 0 Å². The lowest BCUT2D eigenvalue weighted by Crippen LogP contribution is -2.29. The second-order valence-corrected chi connectivity index (χ2v) is 5.44. The van der Waals surface area contributed by atoms with Gasteiger partial charge in [-0.05, 0) is 33.3 Å². The van der Waals surface area contributed by atoms with Gasteiger partial charge < -0.3 is 9.47 Å². The van der Waals surface area contributed by atoms with Crippen molar-refractivity contribution in [3.63, 3.8) is 0 Å². The molecule has 0 heterocycles. The summed E-state index contributed by atoms with van der Waals surface area (Å²) in [6, 6.07) is 9.90. The molecule has 0 radical (unpaired) electrons. The second kappa shape index (κ2) is 6.55. The minimum Gasteiger partial charge on any atom is -0.460 e. The number of benzene rings is 1. The van der Waals surface area contributed by atoms with Gasteiger partial charge in [-0.3, -0.25) is 4.79 Å². The standard InChI is InChI=1S/C15H22O3/c1-12(14(16)18-15(2,3)4)10-17-11-13-8-6-5-7-9-13/h5-9,12H,10-11H2,1-4H3/t12-/m1/s1. The molecule has 1 aromatic rings. The van der Waals surface area contributed by atoms with Gasteiger partial charge in [0.1, 0.15) is 5.60 Å². The van der Waals surface area contributed by atoms with E-state index in [4.69, 9.17) is 9.47 Å². The van der Waals surface area contributed by atoms with Crippen molar-refractivity contribution in [2.45, 2.75) is 39.9 Å². The molecular weight excluding hydrogens is 228 g/mol. The van der Waals surface area contributed by atoms with Gasteiger partial charge in [0.15, 0.2) is 0 Å². The largest absolute Gasteiger partial charge is 0.460 e. The number of carbonyl (C=O) groups is 1. The number of ether oxygens (including phenoxy) is 2. The molecule has 0 amide bonds. The highest BCUT2D eigenvalue weighted by molar-refractivity contribution is 5.72. The maximum atomic E-state index is 11.7. The predicted octanol–water partition coefficient (Wildman–Crippen LogP) is 3.18. The van der Waals surface area contributed by atoms with E-state index < -0.39 is 5.60 Å². The summed E-state index contributed by atoms with van der Waals surface area (Å²) in [5.74, 6) is -0.455. The summed E-state index contributed by atoms with van der Waals surface area (Å²) in [4.78, 5) is 11.7. The highest BCUT2D eigenvalue weighted by Gasteiger charge is 2.21. The molecule has 1 rings (SSSR count). The predicted molar refractivity (Wildman–Crippen MR) is 71.1 cm³/mol. The molecule has 0 fully saturated rings. The molecule has 0 aliphatic rings. The number of esters is 1. The van der Waals surface area contributed by atoms with Gasteiger partial charge in [-0.2, -0.15) is 0 Å². The second-order valence-electron chi connectivity index (χ2n) is 5.44. The van der Waals surface area contributed by atoms with Gasteiger partial charge >= 0.3 is 5.97 Å². The Morgan fingerprint density at radius 1 is 1.22 bits per heavy atom. The van der Waals surface area contributed by atoms with Crippen LogP contribution >= 0.6 is 0 Å². The fourth-order valence-electron chi connectivity index (χ4n) is 1.40. The molecule has 0 bridgehead atoms. The Morgan fingerprint density at radius 3 is 2.39 bits per heavy atom. The van der Waals surface area contributed by atoms with E-state index in [1.165, 1.54) is 0 Å². The maximum absolute atomic E-state index is 11.7. The third-order valence-electron chi connectivity index (χ3n) is 2.29. The van der Waals surface area contributed by atoms with E-state index in [2.05, 4.69) is 0 Å². The zero-order valence-corrected chi connectivity index (χ0v) is 11.6. The van der Waals surface area contributed by atoms with Gasteiger partial charge in [0, 0.05) is 0 Å². The van der Waals surface area contributed by atoms with Gasteiger partial charge in [0.2, 0.25) is 0 Å². The van der Waals surface area contributed by atoms with Gasteiger partial charge in [0.25, 0.3) is 0 Å². The highest BCUT2D eigenvalue weighted by Crippen LogP contribution is 2.12. The summed E-state index contributed by atoms with van der Waals surface area (Å²) < 4.78 is 10.8. The molecule has 0 aromatic heterocycles. The maximum Gasteiger partial charge on any atom is 0.311 e. The van der Waals surface area contributed by atoms with E-state index in [1.807, 2.05) is 58.0 Å². The van der Waals surface area contributed by atoms with Gasteiger partial charge in [-0.15, -0.1) is 0 Å². The molecule has 3 nitrogen and oxygen atoms in total. The van der Waals surface area contributed by atoms with Crippen molar-refractivity contribution in [3.8, 4) is 0 Å². The Morgan fingerprint density at radius 2 is 1.83 bits per heavy atom. The van der Waals surface area contributed by atoms with Crippen LogP contribution < -0.4 is 0 Å². The molecule has 0 aliphatic carbocycles. The molecule has 0 N–H and O–H groups in total. The quantitative estimate of drug-likeness (QED) is 0.753. The van der Waals surface area contributed by atoms with Crippen LogP contribution in [0, 0.1) is 5.92 Å². The lowest BCUT2D eigenvalue weighted by Gasteiger charge is -2.22. The van der Waals surface area contributed by atoms with Crippen LogP contribution in [0.5, 0.6) is 0 Å². The fourth-order valence-corrected chi connectivity index (χ4v) is 1.40.